The van der Waals surface area contributed by atoms with E-state index in [-0.39, 0.29) is 24.1 Å². The molecule has 0 atom stereocenters. The zero-order valence-corrected chi connectivity index (χ0v) is 14.0. The van der Waals surface area contributed by atoms with Crippen molar-refractivity contribution in [1.29, 1.82) is 0 Å². The van der Waals surface area contributed by atoms with Crippen LogP contribution in [-0.2, 0) is 9.59 Å². The van der Waals surface area contributed by atoms with Gasteiger partial charge in [0, 0.05) is 14.1 Å². The molecule has 2 aromatic rings. The first-order valence-electron chi connectivity index (χ1n) is 6.93. The highest BCUT2D eigenvalue weighted by molar-refractivity contribution is 7.99. The summed E-state index contributed by atoms with van der Waals surface area (Å²) in [6.07, 6.45) is 0. The number of nitrogens with zero attached hydrogens (tertiary/aromatic N) is 5. The molecule has 0 aliphatic heterocycles. The van der Waals surface area contributed by atoms with E-state index < -0.39 is 0 Å². The number of benzene rings is 1. The summed E-state index contributed by atoms with van der Waals surface area (Å²) in [6, 6.07) is 7.71. The number of hydrogen-bond donors (Lipinski definition) is 1. The largest absolute Gasteiger partial charge is 0.347 e. The van der Waals surface area contributed by atoms with E-state index in [1.54, 1.807) is 18.8 Å². The number of amides is 2. The number of aryl methyl sites for hydroxylation is 1. The van der Waals surface area contributed by atoms with E-state index in [4.69, 9.17) is 0 Å². The van der Waals surface area contributed by atoms with Crippen molar-refractivity contribution < 1.29 is 9.59 Å². The molecule has 0 saturated heterocycles. The smallest absolute Gasteiger partial charge is 0.241 e. The van der Waals surface area contributed by atoms with Gasteiger partial charge in [0.25, 0.3) is 0 Å². The summed E-state index contributed by atoms with van der Waals surface area (Å²) in [6.45, 7) is 1.94. The minimum atomic E-state index is -0.246. The van der Waals surface area contributed by atoms with Gasteiger partial charge in [-0.3, -0.25) is 9.59 Å². The maximum atomic E-state index is 11.8. The Morgan fingerprint density at radius 2 is 2.04 bits per heavy atom. The van der Waals surface area contributed by atoms with Gasteiger partial charge in [-0.25, -0.2) is 0 Å². The number of tetrazole rings is 1. The first-order valence-corrected chi connectivity index (χ1v) is 7.91. The van der Waals surface area contributed by atoms with E-state index in [1.165, 1.54) is 16.7 Å². The molecular weight excluding hydrogens is 316 g/mol. The average Bonchev–Trinajstić information content (AvgIpc) is 2.99. The van der Waals surface area contributed by atoms with Crippen molar-refractivity contribution in [3.05, 3.63) is 29.8 Å². The molecule has 1 heterocycles. The van der Waals surface area contributed by atoms with Crippen molar-refractivity contribution in [2.75, 3.05) is 26.4 Å². The lowest BCUT2D eigenvalue weighted by atomic mass is 10.2. The fourth-order valence-corrected chi connectivity index (χ4v) is 2.45. The maximum absolute atomic E-state index is 11.8. The number of likely N-dealkylation sites (N-methyl/N-ethyl adjacent to an activating group) is 1. The van der Waals surface area contributed by atoms with Gasteiger partial charge in [-0.05, 0) is 29.0 Å². The number of carbonyl (C=O) groups excluding carboxylic acids is 2. The monoisotopic (exact) mass is 334 g/mol. The molecule has 2 rings (SSSR count). The Hall–Kier alpha value is -2.42. The predicted molar refractivity (Wildman–Crippen MR) is 86.3 cm³/mol. The van der Waals surface area contributed by atoms with E-state index >= 15 is 0 Å². The van der Waals surface area contributed by atoms with Crippen LogP contribution >= 0.6 is 11.8 Å². The molecule has 0 aliphatic carbocycles. The van der Waals surface area contributed by atoms with E-state index in [0.717, 1.165) is 11.3 Å². The zero-order valence-electron chi connectivity index (χ0n) is 13.2. The number of para-hydroxylation sites is 1. The summed E-state index contributed by atoms with van der Waals surface area (Å²) in [5, 5.41) is 14.7. The fourth-order valence-electron chi connectivity index (χ4n) is 1.73. The van der Waals surface area contributed by atoms with Gasteiger partial charge in [-0.2, -0.15) is 4.68 Å². The molecule has 0 spiro atoms. The Balaban J connectivity index is 1.95. The van der Waals surface area contributed by atoms with E-state index in [1.807, 2.05) is 31.2 Å². The van der Waals surface area contributed by atoms with E-state index in [2.05, 4.69) is 20.8 Å². The van der Waals surface area contributed by atoms with Gasteiger partial charge in [-0.15, -0.1) is 5.10 Å². The average molecular weight is 334 g/mol. The van der Waals surface area contributed by atoms with Crippen LogP contribution in [0.15, 0.2) is 29.4 Å². The van der Waals surface area contributed by atoms with Gasteiger partial charge >= 0.3 is 0 Å². The van der Waals surface area contributed by atoms with Crippen molar-refractivity contribution in [3.63, 3.8) is 0 Å². The van der Waals surface area contributed by atoms with E-state index in [9.17, 15) is 9.59 Å². The van der Waals surface area contributed by atoms with Crippen molar-refractivity contribution in [2.45, 2.75) is 12.1 Å². The maximum Gasteiger partial charge on any atom is 0.241 e. The summed E-state index contributed by atoms with van der Waals surface area (Å²) in [7, 11) is 3.28. The Morgan fingerprint density at radius 3 is 2.74 bits per heavy atom. The minimum absolute atomic E-state index is 0.0187. The highest BCUT2D eigenvalue weighted by Crippen LogP contribution is 2.19. The Kier molecular flexibility index (Phi) is 5.69. The van der Waals surface area contributed by atoms with Crippen molar-refractivity contribution in [3.8, 4) is 5.69 Å². The second-order valence-electron chi connectivity index (χ2n) is 5.01. The van der Waals surface area contributed by atoms with Crippen LogP contribution in [0, 0.1) is 6.92 Å². The Labute approximate surface area is 138 Å². The Bertz CT molecular complexity index is 700. The molecule has 1 N–H and O–H groups in total. The molecule has 1 aromatic heterocycles. The molecule has 0 fully saturated rings. The van der Waals surface area contributed by atoms with Crippen LogP contribution in [0.4, 0.5) is 0 Å². The highest BCUT2D eigenvalue weighted by Gasteiger charge is 2.13. The van der Waals surface area contributed by atoms with Crippen LogP contribution in [0.25, 0.3) is 5.69 Å². The number of nitrogens with one attached hydrogen (secondary N) is 1. The second kappa shape index (κ2) is 7.73. The molecule has 1 aromatic carbocycles. The number of carbonyl (C=O) groups is 2. The SMILES string of the molecule is Cc1ccccc1-n1nnnc1SCC(=O)NCC(=O)N(C)C. The first kappa shape index (κ1) is 16.9. The summed E-state index contributed by atoms with van der Waals surface area (Å²) in [5.74, 6) is -0.273. The minimum Gasteiger partial charge on any atom is -0.347 e. The third-order valence-electron chi connectivity index (χ3n) is 3.05. The van der Waals surface area contributed by atoms with Crippen LogP contribution in [0.5, 0.6) is 0 Å². The van der Waals surface area contributed by atoms with E-state index in [0.29, 0.717) is 5.16 Å². The molecule has 0 bridgehead atoms. The van der Waals surface area contributed by atoms with Crippen LogP contribution in [-0.4, -0.2) is 63.3 Å². The molecule has 2 amide bonds. The number of aromatic nitrogens is 4. The lowest BCUT2D eigenvalue weighted by Crippen LogP contribution is -2.37. The van der Waals surface area contributed by atoms with Crippen LogP contribution in [0.3, 0.4) is 0 Å². The normalized spacial score (nSPS) is 10.4. The van der Waals surface area contributed by atoms with Crippen molar-refractivity contribution in [2.24, 2.45) is 0 Å². The predicted octanol–water partition coefficient (Wildman–Crippen LogP) is 0.267. The fraction of sp³-hybridized carbons (Fsp3) is 0.357. The van der Waals surface area contributed by atoms with Gasteiger partial charge in [0.1, 0.15) is 0 Å². The third-order valence-corrected chi connectivity index (χ3v) is 3.97. The van der Waals surface area contributed by atoms with Gasteiger partial charge in [-0.1, -0.05) is 30.0 Å². The summed E-state index contributed by atoms with van der Waals surface area (Å²) < 4.78 is 1.60. The third kappa shape index (κ3) is 4.52. The van der Waals surface area contributed by atoms with Crippen LogP contribution in [0.2, 0.25) is 0 Å². The number of rotatable bonds is 6. The lowest BCUT2D eigenvalue weighted by Gasteiger charge is -2.10. The van der Waals surface area contributed by atoms with Crippen LogP contribution < -0.4 is 5.32 Å². The Morgan fingerprint density at radius 1 is 1.30 bits per heavy atom. The zero-order chi connectivity index (χ0) is 16.8. The molecule has 23 heavy (non-hydrogen) atoms. The van der Waals surface area contributed by atoms with Gasteiger partial charge < -0.3 is 10.2 Å². The first-order chi connectivity index (χ1) is 11.0. The molecule has 8 nitrogen and oxygen atoms in total. The van der Waals surface area contributed by atoms with Gasteiger partial charge in [0.15, 0.2) is 0 Å². The van der Waals surface area contributed by atoms with Crippen molar-refractivity contribution >= 4 is 23.6 Å². The van der Waals surface area contributed by atoms with Gasteiger partial charge in [0.05, 0.1) is 18.0 Å². The van der Waals surface area contributed by atoms with Gasteiger partial charge in [0.2, 0.25) is 17.0 Å². The molecule has 0 saturated carbocycles. The lowest BCUT2D eigenvalue weighted by molar-refractivity contribution is -0.130. The molecule has 9 heteroatoms. The summed E-state index contributed by atoms with van der Waals surface area (Å²) in [4.78, 5) is 24.6. The number of hydrogen-bond acceptors (Lipinski definition) is 6. The van der Waals surface area contributed by atoms with Crippen LogP contribution in [0.1, 0.15) is 5.56 Å². The second-order valence-corrected chi connectivity index (χ2v) is 5.96. The number of thioether (sulfide) groups is 1. The summed E-state index contributed by atoms with van der Waals surface area (Å²) >= 11 is 1.22. The molecular formula is C14H18N6O2S. The topological polar surface area (TPSA) is 93.0 Å². The molecule has 0 unspecified atom stereocenters. The molecule has 122 valence electrons. The summed E-state index contributed by atoms with van der Waals surface area (Å²) in [5.41, 5.74) is 1.89. The molecule has 0 aliphatic rings. The standard InChI is InChI=1S/C14H18N6O2S/c1-10-6-4-5-7-11(10)20-14(16-17-18-20)23-9-12(21)15-8-13(22)19(2)3/h4-7H,8-9H2,1-3H3,(H,15,21). The highest BCUT2D eigenvalue weighted by atomic mass is 32.2. The quantitative estimate of drug-likeness (QED) is 0.762. The van der Waals surface area contributed by atoms with Crippen molar-refractivity contribution in [1.82, 2.24) is 30.4 Å². The molecule has 0 radical (unpaired) electrons.